The van der Waals surface area contributed by atoms with E-state index in [1.165, 1.54) is 35.2 Å². The molecule has 0 radical (unpaired) electrons. The quantitative estimate of drug-likeness (QED) is 0.349. The Labute approximate surface area is 187 Å². The third-order valence-electron chi connectivity index (χ3n) is 3.87. The van der Waals surface area contributed by atoms with Crippen molar-refractivity contribution in [2.45, 2.75) is 4.34 Å². The molecule has 3 aromatic rings. The Morgan fingerprint density at radius 1 is 1.13 bits per heavy atom. The van der Waals surface area contributed by atoms with E-state index in [0.717, 1.165) is 5.56 Å². The molecule has 0 atom stereocenters. The molecule has 3 rings (SSSR count). The second-order valence-electron chi connectivity index (χ2n) is 6.17. The number of nitrogens with one attached hydrogen (secondary N) is 2. The highest BCUT2D eigenvalue weighted by molar-refractivity contribution is 8.01. The first-order valence-corrected chi connectivity index (χ1v) is 11.1. The monoisotopic (exact) mass is 457 g/mol. The fourth-order valence-corrected chi connectivity index (χ4v) is 4.38. The summed E-state index contributed by atoms with van der Waals surface area (Å²) in [7, 11) is 0. The summed E-state index contributed by atoms with van der Waals surface area (Å²) in [6.07, 6.45) is 1.61. The topological polar surface area (TPSA) is 80.3 Å². The third-order valence-corrected chi connectivity index (χ3v) is 5.99. The van der Waals surface area contributed by atoms with Gasteiger partial charge in [-0.2, -0.15) is 0 Å². The molecule has 2 amide bonds. The molecule has 0 bridgehead atoms. The predicted molar refractivity (Wildman–Crippen MR) is 122 cm³/mol. The van der Waals surface area contributed by atoms with Gasteiger partial charge in [-0.25, -0.2) is 9.37 Å². The summed E-state index contributed by atoms with van der Waals surface area (Å²) < 4.78 is 19.6. The number of carbonyl (C=O) groups excluding carboxylic acids is 2. The van der Waals surface area contributed by atoms with Crippen molar-refractivity contribution in [2.24, 2.45) is 0 Å². The second kappa shape index (κ2) is 11.3. The lowest BCUT2D eigenvalue weighted by Gasteiger charge is -2.08. The van der Waals surface area contributed by atoms with Gasteiger partial charge in [-0.1, -0.05) is 71.6 Å². The molecular formula is C22H20FN3O3S2. The van der Waals surface area contributed by atoms with Crippen molar-refractivity contribution in [2.75, 3.05) is 24.2 Å². The summed E-state index contributed by atoms with van der Waals surface area (Å²) >= 11 is 2.54. The van der Waals surface area contributed by atoms with Crippen LogP contribution in [0.1, 0.15) is 0 Å². The largest absolute Gasteiger partial charge is 0.481 e. The minimum atomic E-state index is -0.536. The number of thiazole rings is 1. The van der Waals surface area contributed by atoms with Crippen molar-refractivity contribution in [3.05, 3.63) is 73.1 Å². The van der Waals surface area contributed by atoms with Gasteiger partial charge in [0, 0.05) is 12.1 Å². The lowest BCUT2D eigenvalue weighted by atomic mass is 10.2. The lowest BCUT2D eigenvalue weighted by molar-refractivity contribution is -0.119. The average Bonchev–Trinajstić information content (AvgIpc) is 3.18. The van der Waals surface area contributed by atoms with Gasteiger partial charge in [0.25, 0.3) is 5.91 Å². The number of aromatic nitrogens is 1. The number of benzene rings is 2. The molecule has 0 saturated heterocycles. The second-order valence-corrected chi connectivity index (χ2v) is 8.39. The predicted octanol–water partition coefficient (Wildman–Crippen LogP) is 4.36. The fourth-order valence-electron chi connectivity index (χ4n) is 2.47. The molecule has 0 spiro atoms. The standard InChI is InChI=1S/C22H20FN3O3S2/c1-2-12-24-19(28)14-30-22-26-20(15-8-4-3-5-9-15)21(31-22)25-18(27)13-29-17-11-7-6-10-16(17)23/h2-11H,1,12-14H2,(H,24,28)(H,25,27). The zero-order valence-electron chi connectivity index (χ0n) is 16.5. The Morgan fingerprint density at radius 2 is 1.87 bits per heavy atom. The van der Waals surface area contributed by atoms with Crippen LogP contribution in [-0.2, 0) is 9.59 Å². The zero-order chi connectivity index (χ0) is 22.1. The summed E-state index contributed by atoms with van der Waals surface area (Å²) in [6.45, 7) is 3.61. The first-order valence-electron chi connectivity index (χ1n) is 9.30. The maximum atomic E-state index is 13.7. The van der Waals surface area contributed by atoms with E-state index in [1.54, 1.807) is 18.2 Å². The Kier molecular flexibility index (Phi) is 8.19. The van der Waals surface area contributed by atoms with Crippen LogP contribution in [0.15, 0.2) is 71.6 Å². The summed E-state index contributed by atoms with van der Waals surface area (Å²) in [6, 6.07) is 15.3. The van der Waals surface area contributed by atoms with Gasteiger partial charge in [0.15, 0.2) is 22.5 Å². The number of nitrogens with zero attached hydrogens (tertiary/aromatic N) is 1. The van der Waals surface area contributed by atoms with E-state index in [-0.39, 0.29) is 24.0 Å². The van der Waals surface area contributed by atoms with Crippen molar-refractivity contribution in [3.63, 3.8) is 0 Å². The van der Waals surface area contributed by atoms with Gasteiger partial charge >= 0.3 is 0 Å². The van der Waals surface area contributed by atoms with E-state index < -0.39 is 11.7 Å². The van der Waals surface area contributed by atoms with Gasteiger partial charge < -0.3 is 15.4 Å². The maximum Gasteiger partial charge on any atom is 0.262 e. The molecule has 0 unspecified atom stereocenters. The molecule has 1 heterocycles. The number of para-hydroxylation sites is 1. The van der Waals surface area contributed by atoms with Crippen molar-refractivity contribution in [3.8, 4) is 17.0 Å². The number of amides is 2. The number of hydrogen-bond acceptors (Lipinski definition) is 6. The lowest BCUT2D eigenvalue weighted by Crippen LogP contribution is -2.24. The van der Waals surface area contributed by atoms with Crippen LogP contribution in [0, 0.1) is 5.82 Å². The molecule has 0 aliphatic heterocycles. The summed E-state index contributed by atoms with van der Waals surface area (Å²) in [5.41, 5.74) is 1.42. The Balaban J connectivity index is 1.70. The summed E-state index contributed by atoms with van der Waals surface area (Å²) in [4.78, 5) is 28.8. The summed E-state index contributed by atoms with van der Waals surface area (Å²) in [5, 5.41) is 6.02. The molecular weight excluding hydrogens is 437 g/mol. The van der Waals surface area contributed by atoms with Crippen LogP contribution in [0.3, 0.4) is 0 Å². The minimum absolute atomic E-state index is 0.00650. The Hall–Kier alpha value is -3.17. The molecule has 0 aliphatic rings. The van der Waals surface area contributed by atoms with Crippen LogP contribution in [0.5, 0.6) is 5.75 Å². The number of rotatable bonds is 10. The first kappa shape index (κ1) is 22.5. The molecule has 160 valence electrons. The van der Waals surface area contributed by atoms with Crippen LogP contribution in [0.4, 0.5) is 9.39 Å². The van der Waals surface area contributed by atoms with Crippen LogP contribution < -0.4 is 15.4 Å². The van der Waals surface area contributed by atoms with Crippen LogP contribution in [-0.4, -0.2) is 35.7 Å². The molecule has 2 aromatic carbocycles. The number of ether oxygens (including phenoxy) is 1. The van der Waals surface area contributed by atoms with Gasteiger partial charge in [-0.05, 0) is 12.1 Å². The smallest absolute Gasteiger partial charge is 0.262 e. The molecule has 0 saturated carbocycles. The fraction of sp³-hybridized carbons (Fsp3) is 0.136. The molecule has 1 aromatic heterocycles. The van der Waals surface area contributed by atoms with Crippen molar-refractivity contribution < 1.29 is 18.7 Å². The van der Waals surface area contributed by atoms with E-state index in [0.29, 0.717) is 21.6 Å². The average molecular weight is 458 g/mol. The maximum absolute atomic E-state index is 13.7. The SMILES string of the molecule is C=CCNC(=O)CSc1nc(-c2ccccc2)c(NC(=O)COc2ccccc2F)s1. The van der Waals surface area contributed by atoms with Gasteiger partial charge in [-0.3, -0.25) is 9.59 Å². The molecule has 31 heavy (non-hydrogen) atoms. The number of anilines is 1. The van der Waals surface area contributed by atoms with Gasteiger partial charge in [0.2, 0.25) is 5.91 Å². The van der Waals surface area contributed by atoms with E-state index in [4.69, 9.17) is 4.74 Å². The number of hydrogen-bond donors (Lipinski definition) is 2. The van der Waals surface area contributed by atoms with Crippen molar-refractivity contribution >= 4 is 39.9 Å². The van der Waals surface area contributed by atoms with Gasteiger partial charge in [0.05, 0.1) is 5.75 Å². The first-order chi connectivity index (χ1) is 15.1. The van der Waals surface area contributed by atoms with Gasteiger partial charge in [0.1, 0.15) is 10.7 Å². The molecule has 6 nitrogen and oxygen atoms in total. The van der Waals surface area contributed by atoms with Crippen LogP contribution in [0.25, 0.3) is 11.3 Å². The van der Waals surface area contributed by atoms with E-state index in [2.05, 4.69) is 22.2 Å². The van der Waals surface area contributed by atoms with E-state index >= 15 is 0 Å². The number of thioether (sulfide) groups is 1. The Bertz CT molecular complexity index is 1060. The van der Waals surface area contributed by atoms with Crippen LogP contribution >= 0.6 is 23.1 Å². The third kappa shape index (κ3) is 6.66. The van der Waals surface area contributed by atoms with Crippen molar-refractivity contribution in [1.29, 1.82) is 0 Å². The minimum Gasteiger partial charge on any atom is -0.481 e. The summed E-state index contributed by atoms with van der Waals surface area (Å²) in [5.74, 6) is -0.910. The normalized spacial score (nSPS) is 10.4. The Morgan fingerprint density at radius 3 is 2.61 bits per heavy atom. The highest BCUT2D eigenvalue weighted by Gasteiger charge is 2.17. The van der Waals surface area contributed by atoms with E-state index in [9.17, 15) is 14.0 Å². The van der Waals surface area contributed by atoms with Crippen LogP contribution in [0.2, 0.25) is 0 Å². The molecule has 2 N–H and O–H groups in total. The number of carbonyl (C=O) groups is 2. The highest BCUT2D eigenvalue weighted by atomic mass is 32.2. The zero-order valence-corrected chi connectivity index (χ0v) is 18.1. The van der Waals surface area contributed by atoms with Crippen molar-refractivity contribution in [1.82, 2.24) is 10.3 Å². The highest BCUT2D eigenvalue weighted by Crippen LogP contribution is 2.37. The number of halogens is 1. The van der Waals surface area contributed by atoms with Gasteiger partial charge in [-0.15, -0.1) is 6.58 Å². The molecule has 9 heteroatoms. The van der Waals surface area contributed by atoms with E-state index in [1.807, 2.05) is 30.3 Å². The molecule has 0 fully saturated rings. The molecule has 0 aliphatic carbocycles.